The molecule has 0 heterocycles. The summed E-state index contributed by atoms with van der Waals surface area (Å²) in [6.45, 7) is 2.81. The number of halogens is 1. The summed E-state index contributed by atoms with van der Waals surface area (Å²) in [6, 6.07) is 5.52. The second kappa shape index (κ2) is 6.90. The molecule has 0 bridgehead atoms. The molecule has 19 heavy (non-hydrogen) atoms. The fourth-order valence-electron chi connectivity index (χ4n) is 2.87. The normalized spacial score (nSPS) is 18.3. The summed E-state index contributed by atoms with van der Waals surface area (Å²) in [6.07, 6.45) is 6.66. The number of benzene rings is 1. The van der Waals surface area contributed by atoms with Crippen molar-refractivity contribution in [2.24, 2.45) is 5.92 Å². The zero-order valence-electron chi connectivity index (χ0n) is 11.9. The van der Waals surface area contributed by atoms with Gasteiger partial charge in [0.25, 0.3) is 0 Å². The third kappa shape index (κ3) is 3.93. The van der Waals surface area contributed by atoms with Crippen LogP contribution in [-0.2, 0) is 6.54 Å². The van der Waals surface area contributed by atoms with Crippen LogP contribution in [0.25, 0.3) is 0 Å². The van der Waals surface area contributed by atoms with Gasteiger partial charge < -0.3 is 10.1 Å². The van der Waals surface area contributed by atoms with E-state index in [0.717, 1.165) is 5.92 Å². The molecule has 1 atom stereocenters. The molecule has 1 aliphatic carbocycles. The molecule has 0 radical (unpaired) electrons. The predicted molar refractivity (Wildman–Crippen MR) is 75.8 cm³/mol. The van der Waals surface area contributed by atoms with Crippen LogP contribution in [0.1, 0.15) is 44.6 Å². The largest absolute Gasteiger partial charge is 0.497 e. The first-order valence-electron chi connectivity index (χ1n) is 7.26. The Labute approximate surface area is 115 Å². The van der Waals surface area contributed by atoms with Crippen LogP contribution >= 0.6 is 0 Å². The maximum absolute atomic E-state index is 13.8. The Bertz CT molecular complexity index is 402. The van der Waals surface area contributed by atoms with Gasteiger partial charge >= 0.3 is 0 Å². The van der Waals surface area contributed by atoms with Gasteiger partial charge in [-0.25, -0.2) is 4.39 Å². The number of hydrogen-bond acceptors (Lipinski definition) is 2. The first-order valence-corrected chi connectivity index (χ1v) is 7.26. The SMILES string of the molecule is COc1ccc(CNC(C)C2CCCCC2)c(F)c1. The molecule has 0 amide bonds. The second-order valence-corrected chi connectivity index (χ2v) is 5.53. The minimum atomic E-state index is -0.192. The summed E-state index contributed by atoms with van der Waals surface area (Å²) >= 11 is 0. The van der Waals surface area contributed by atoms with Gasteiger partial charge in [-0.1, -0.05) is 25.3 Å². The van der Waals surface area contributed by atoms with Crippen LogP contribution in [0, 0.1) is 11.7 Å². The van der Waals surface area contributed by atoms with Gasteiger partial charge in [0.15, 0.2) is 0 Å². The van der Waals surface area contributed by atoms with Gasteiger partial charge in [0.2, 0.25) is 0 Å². The van der Waals surface area contributed by atoms with E-state index in [1.807, 2.05) is 6.07 Å². The third-order valence-corrected chi connectivity index (χ3v) is 4.23. The van der Waals surface area contributed by atoms with Crippen LogP contribution in [0.3, 0.4) is 0 Å². The average molecular weight is 265 g/mol. The molecule has 1 aromatic carbocycles. The van der Waals surface area contributed by atoms with E-state index >= 15 is 0 Å². The van der Waals surface area contributed by atoms with Crippen LogP contribution in [0.15, 0.2) is 18.2 Å². The monoisotopic (exact) mass is 265 g/mol. The van der Waals surface area contributed by atoms with Crippen molar-refractivity contribution in [1.82, 2.24) is 5.32 Å². The van der Waals surface area contributed by atoms with Crippen LogP contribution in [0.2, 0.25) is 0 Å². The minimum absolute atomic E-state index is 0.192. The smallest absolute Gasteiger partial charge is 0.131 e. The zero-order chi connectivity index (χ0) is 13.7. The molecule has 0 aliphatic heterocycles. The zero-order valence-corrected chi connectivity index (χ0v) is 11.9. The quantitative estimate of drug-likeness (QED) is 0.872. The molecule has 0 aromatic heterocycles. The Hall–Kier alpha value is -1.09. The number of rotatable bonds is 5. The van der Waals surface area contributed by atoms with E-state index in [1.165, 1.54) is 38.2 Å². The van der Waals surface area contributed by atoms with E-state index in [-0.39, 0.29) is 5.82 Å². The van der Waals surface area contributed by atoms with Crippen molar-refractivity contribution in [1.29, 1.82) is 0 Å². The van der Waals surface area contributed by atoms with Gasteiger partial charge in [-0.05, 0) is 31.7 Å². The molecule has 1 aliphatic rings. The maximum Gasteiger partial charge on any atom is 0.131 e. The van der Waals surface area contributed by atoms with E-state index in [0.29, 0.717) is 23.9 Å². The lowest BCUT2D eigenvalue weighted by Crippen LogP contribution is -2.34. The van der Waals surface area contributed by atoms with Crippen molar-refractivity contribution in [2.45, 2.75) is 51.6 Å². The van der Waals surface area contributed by atoms with Crippen LogP contribution in [-0.4, -0.2) is 13.2 Å². The van der Waals surface area contributed by atoms with Gasteiger partial charge in [0, 0.05) is 24.2 Å². The van der Waals surface area contributed by atoms with Crippen LogP contribution in [0.4, 0.5) is 4.39 Å². The topological polar surface area (TPSA) is 21.3 Å². The minimum Gasteiger partial charge on any atom is -0.497 e. The second-order valence-electron chi connectivity index (χ2n) is 5.53. The standard InChI is InChI=1S/C16H24FNO/c1-12(13-6-4-3-5-7-13)18-11-14-8-9-15(19-2)10-16(14)17/h8-10,12-13,18H,3-7,11H2,1-2H3. The van der Waals surface area contributed by atoms with E-state index < -0.39 is 0 Å². The summed E-state index contributed by atoms with van der Waals surface area (Å²) in [5, 5.41) is 3.47. The molecule has 3 heteroatoms. The lowest BCUT2D eigenvalue weighted by Gasteiger charge is -2.28. The fourth-order valence-corrected chi connectivity index (χ4v) is 2.87. The Kier molecular flexibility index (Phi) is 5.20. The van der Waals surface area contributed by atoms with Gasteiger partial charge in [0.1, 0.15) is 11.6 Å². The van der Waals surface area contributed by atoms with Gasteiger partial charge in [0.05, 0.1) is 7.11 Å². The molecule has 0 saturated heterocycles. The molecule has 1 N–H and O–H groups in total. The van der Waals surface area contributed by atoms with Crippen LogP contribution in [0.5, 0.6) is 5.75 Å². The predicted octanol–water partition coefficient (Wildman–Crippen LogP) is 3.89. The third-order valence-electron chi connectivity index (χ3n) is 4.23. The molecular formula is C16H24FNO. The molecule has 1 fully saturated rings. The highest BCUT2D eigenvalue weighted by Crippen LogP contribution is 2.26. The van der Waals surface area contributed by atoms with E-state index in [9.17, 15) is 4.39 Å². The highest BCUT2D eigenvalue weighted by molar-refractivity contribution is 5.28. The van der Waals surface area contributed by atoms with Gasteiger partial charge in [-0.2, -0.15) is 0 Å². The Morgan fingerprint density at radius 1 is 1.32 bits per heavy atom. The Balaban J connectivity index is 1.87. The lowest BCUT2D eigenvalue weighted by atomic mass is 9.84. The molecule has 1 aromatic rings. The highest BCUT2D eigenvalue weighted by Gasteiger charge is 2.19. The molecule has 1 saturated carbocycles. The van der Waals surface area contributed by atoms with Gasteiger partial charge in [-0.3, -0.25) is 0 Å². The summed E-state index contributed by atoms with van der Waals surface area (Å²) in [5.74, 6) is 1.12. The first-order chi connectivity index (χ1) is 9.20. The van der Waals surface area contributed by atoms with Crippen LogP contribution < -0.4 is 10.1 Å². The van der Waals surface area contributed by atoms with E-state index in [2.05, 4.69) is 12.2 Å². The molecule has 2 nitrogen and oxygen atoms in total. The molecule has 106 valence electrons. The molecule has 2 rings (SSSR count). The van der Waals surface area contributed by atoms with Crippen molar-refractivity contribution in [3.63, 3.8) is 0 Å². The number of ether oxygens (including phenoxy) is 1. The summed E-state index contributed by atoms with van der Waals surface area (Å²) < 4.78 is 18.8. The van der Waals surface area contributed by atoms with E-state index in [1.54, 1.807) is 13.2 Å². The number of methoxy groups -OCH3 is 1. The highest BCUT2D eigenvalue weighted by atomic mass is 19.1. The lowest BCUT2D eigenvalue weighted by molar-refractivity contribution is 0.280. The molecular weight excluding hydrogens is 241 g/mol. The summed E-state index contributed by atoms with van der Waals surface area (Å²) in [7, 11) is 1.55. The Morgan fingerprint density at radius 3 is 2.68 bits per heavy atom. The first kappa shape index (κ1) is 14.3. The van der Waals surface area contributed by atoms with Crippen molar-refractivity contribution < 1.29 is 9.13 Å². The fraction of sp³-hybridized carbons (Fsp3) is 0.625. The molecule has 0 spiro atoms. The number of hydrogen-bond donors (Lipinski definition) is 1. The summed E-state index contributed by atoms with van der Waals surface area (Å²) in [4.78, 5) is 0. The van der Waals surface area contributed by atoms with Crippen molar-refractivity contribution >= 4 is 0 Å². The van der Waals surface area contributed by atoms with Gasteiger partial charge in [-0.15, -0.1) is 0 Å². The summed E-state index contributed by atoms with van der Waals surface area (Å²) in [5.41, 5.74) is 0.712. The van der Waals surface area contributed by atoms with Crippen molar-refractivity contribution in [3.8, 4) is 5.75 Å². The van der Waals surface area contributed by atoms with E-state index in [4.69, 9.17) is 4.74 Å². The van der Waals surface area contributed by atoms with Crippen molar-refractivity contribution in [2.75, 3.05) is 7.11 Å². The average Bonchev–Trinajstić information content (AvgIpc) is 2.46. The molecule has 1 unspecified atom stereocenters. The van der Waals surface area contributed by atoms with Crippen molar-refractivity contribution in [3.05, 3.63) is 29.6 Å². The Morgan fingerprint density at radius 2 is 2.05 bits per heavy atom. The number of nitrogens with one attached hydrogen (secondary N) is 1. The maximum atomic E-state index is 13.8.